The zero-order valence-corrected chi connectivity index (χ0v) is 13.3. The second-order valence-electron chi connectivity index (χ2n) is 5.33. The molecule has 0 radical (unpaired) electrons. The van der Waals surface area contributed by atoms with Gasteiger partial charge in [-0.25, -0.2) is 0 Å². The summed E-state index contributed by atoms with van der Waals surface area (Å²) in [5.41, 5.74) is 14.1. The van der Waals surface area contributed by atoms with E-state index in [9.17, 15) is 24.3 Å². The van der Waals surface area contributed by atoms with Crippen molar-refractivity contribution in [2.24, 2.45) is 22.6 Å². The molecule has 2 atom stereocenters. The smallest absolute Gasteiger partial charge is 0.325 e. The number of Topliss-reactive ketones (excluding diaryl/α,β-unsaturated/α-hetero) is 2. The summed E-state index contributed by atoms with van der Waals surface area (Å²) in [6.45, 7) is 0.922. The van der Waals surface area contributed by atoms with E-state index < -0.39 is 41.4 Å². The predicted molar refractivity (Wildman–Crippen MR) is 83.3 cm³/mol. The van der Waals surface area contributed by atoms with Gasteiger partial charge < -0.3 is 27.6 Å². The van der Waals surface area contributed by atoms with Gasteiger partial charge in [-0.3, -0.25) is 19.2 Å². The lowest BCUT2D eigenvalue weighted by Gasteiger charge is -2.29. The monoisotopic (exact) mass is 330 g/mol. The van der Waals surface area contributed by atoms with Gasteiger partial charge in [0.05, 0.1) is 12.6 Å². The van der Waals surface area contributed by atoms with E-state index in [2.05, 4.69) is 5.32 Å². The van der Waals surface area contributed by atoms with Gasteiger partial charge in [0.2, 0.25) is 5.91 Å². The number of carbonyl (C=O) groups is 4. The molecule has 0 saturated heterocycles. The van der Waals surface area contributed by atoms with Crippen LogP contribution in [0.4, 0.5) is 0 Å². The van der Waals surface area contributed by atoms with Gasteiger partial charge in [-0.15, -0.1) is 0 Å². The van der Waals surface area contributed by atoms with Gasteiger partial charge in [0.25, 0.3) is 0 Å². The summed E-state index contributed by atoms with van der Waals surface area (Å²) >= 11 is 0. The van der Waals surface area contributed by atoms with Crippen LogP contribution in [0.15, 0.2) is 0 Å². The highest BCUT2D eigenvalue weighted by atomic mass is 16.4. The summed E-state index contributed by atoms with van der Waals surface area (Å²) in [7, 11) is 0. The lowest BCUT2D eigenvalue weighted by molar-refractivity contribution is -0.161. The Balaban J connectivity index is 5.36. The molecule has 0 bridgehead atoms. The van der Waals surface area contributed by atoms with E-state index >= 15 is 0 Å². The second kappa shape index (κ2) is 10.0. The van der Waals surface area contributed by atoms with E-state index in [1.54, 1.807) is 0 Å². The molecule has 0 aromatic rings. The number of hydrogen-bond acceptors (Lipinski definition) is 7. The number of carboxylic acid groups (broad SMARTS) is 1. The van der Waals surface area contributed by atoms with Crippen LogP contribution in [-0.4, -0.2) is 54.2 Å². The number of hydrogen-bond donors (Lipinski definition) is 5. The molecule has 0 fully saturated rings. The van der Waals surface area contributed by atoms with Gasteiger partial charge in [0, 0.05) is 13.5 Å². The Kier molecular flexibility index (Phi) is 9.23. The van der Waals surface area contributed by atoms with Crippen LogP contribution in [0.3, 0.4) is 0 Å². The van der Waals surface area contributed by atoms with Crippen LogP contribution in [-0.2, 0) is 19.2 Å². The van der Waals surface area contributed by atoms with Crippen molar-refractivity contribution in [1.29, 1.82) is 0 Å². The quantitative estimate of drug-likeness (QED) is 0.204. The molecule has 2 unspecified atom stereocenters. The molecule has 0 heterocycles. The molecular weight excluding hydrogens is 304 g/mol. The van der Waals surface area contributed by atoms with Crippen LogP contribution in [0, 0.1) is 5.41 Å². The van der Waals surface area contributed by atoms with Crippen LogP contribution in [0.25, 0.3) is 0 Å². The summed E-state index contributed by atoms with van der Waals surface area (Å²) in [4.78, 5) is 47.3. The number of aliphatic carboxylic acids is 1. The maximum atomic E-state index is 12.6. The third-order valence-electron chi connectivity index (χ3n) is 3.63. The first-order valence-corrected chi connectivity index (χ1v) is 7.45. The number of ketones is 2. The lowest BCUT2D eigenvalue weighted by atomic mass is 9.73. The van der Waals surface area contributed by atoms with Crippen LogP contribution >= 0.6 is 0 Å². The molecule has 9 heteroatoms. The largest absolute Gasteiger partial charge is 0.480 e. The average molecular weight is 330 g/mol. The number of nitrogens with one attached hydrogen (secondary N) is 1. The summed E-state index contributed by atoms with van der Waals surface area (Å²) in [6.07, 6.45) is 1.02. The van der Waals surface area contributed by atoms with Crippen molar-refractivity contribution in [3.05, 3.63) is 0 Å². The molecular formula is C14H26N4O5. The molecule has 132 valence electrons. The Morgan fingerprint density at radius 3 is 2.22 bits per heavy atom. The van der Waals surface area contributed by atoms with E-state index in [1.807, 2.05) is 0 Å². The fourth-order valence-corrected chi connectivity index (χ4v) is 2.29. The lowest BCUT2D eigenvalue weighted by Crippen LogP contribution is -2.56. The maximum Gasteiger partial charge on any atom is 0.325 e. The van der Waals surface area contributed by atoms with Crippen molar-refractivity contribution in [2.45, 2.75) is 38.6 Å². The Morgan fingerprint density at radius 2 is 1.78 bits per heavy atom. The normalized spacial score (nSPS) is 14.6. The molecule has 0 aliphatic heterocycles. The minimum atomic E-state index is -2.33. The number of carbonyl (C=O) groups excluding carboxylic acids is 3. The molecule has 0 spiro atoms. The van der Waals surface area contributed by atoms with Crippen molar-refractivity contribution in [3.8, 4) is 0 Å². The van der Waals surface area contributed by atoms with Gasteiger partial charge in [-0.2, -0.15) is 0 Å². The van der Waals surface area contributed by atoms with Crippen molar-refractivity contribution in [3.63, 3.8) is 0 Å². The molecule has 0 aliphatic rings. The third kappa shape index (κ3) is 5.70. The van der Waals surface area contributed by atoms with E-state index in [1.165, 1.54) is 6.92 Å². The SMILES string of the molecule is CC(=O)NCCC(C(=O)O)(C(=O)CN)C(=O)C(N)CCCCN. The Bertz CT molecular complexity index is 454. The Morgan fingerprint density at radius 1 is 1.17 bits per heavy atom. The molecule has 23 heavy (non-hydrogen) atoms. The number of amides is 1. The molecule has 0 aromatic carbocycles. The fraction of sp³-hybridized carbons (Fsp3) is 0.714. The number of nitrogens with two attached hydrogens (primary N) is 3. The first-order chi connectivity index (χ1) is 10.7. The van der Waals surface area contributed by atoms with Crippen molar-refractivity contribution >= 4 is 23.4 Å². The zero-order chi connectivity index (χ0) is 18.0. The minimum Gasteiger partial charge on any atom is -0.480 e. The van der Waals surface area contributed by atoms with Crippen LogP contribution in [0.5, 0.6) is 0 Å². The highest BCUT2D eigenvalue weighted by Gasteiger charge is 2.52. The van der Waals surface area contributed by atoms with Gasteiger partial charge in [0.1, 0.15) is 0 Å². The minimum absolute atomic E-state index is 0.144. The van der Waals surface area contributed by atoms with E-state index in [-0.39, 0.29) is 19.4 Å². The van der Waals surface area contributed by atoms with Crippen LogP contribution < -0.4 is 22.5 Å². The maximum absolute atomic E-state index is 12.6. The van der Waals surface area contributed by atoms with Gasteiger partial charge >= 0.3 is 5.97 Å². The standard InChI is InChI=1S/C14H26N4O5/c1-9(19)18-7-5-14(13(22)23,11(20)8-16)12(21)10(17)4-2-3-6-15/h10H,2-8,15-17H2,1H3,(H,18,19)(H,22,23). The Hall–Kier alpha value is -1.84. The molecule has 8 N–H and O–H groups in total. The summed E-state index contributed by atoms with van der Waals surface area (Å²) in [5, 5.41) is 11.9. The van der Waals surface area contributed by atoms with E-state index in [4.69, 9.17) is 17.2 Å². The van der Waals surface area contributed by atoms with Crippen molar-refractivity contribution in [2.75, 3.05) is 19.6 Å². The molecule has 9 nitrogen and oxygen atoms in total. The van der Waals surface area contributed by atoms with Crippen molar-refractivity contribution in [1.82, 2.24) is 5.32 Å². The van der Waals surface area contributed by atoms with E-state index in [0.29, 0.717) is 19.4 Å². The van der Waals surface area contributed by atoms with Crippen molar-refractivity contribution < 1.29 is 24.3 Å². The molecule has 0 rings (SSSR count). The van der Waals surface area contributed by atoms with Crippen LogP contribution in [0.1, 0.15) is 32.6 Å². The first-order valence-electron chi connectivity index (χ1n) is 7.45. The van der Waals surface area contributed by atoms with Gasteiger partial charge in [-0.05, 0) is 25.8 Å². The average Bonchev–Trinajstić information content (AvgIpc) is 2.49. The van der Waals surface area contributed by atoms with E-state index in [0.717, 1.165) is 0 Å². The molecule has 0 saturated carbocycles. The topological polar surface area (TPSA) is 179 Å². The molecule has 0 aliphatic carbocycles. The number of unbranched alkanes of at least 4 members (excludes halogenated alkanes) is 1. The summed E-state index contributed by atoms with van der Waals surface area (Å²) in [5.74, 6) is -3.81. The second-order valence-corrected chi connectivity index (χ2v) is 5.33. The first kappa shape index (κ1) is 21.2. The Labute approximate surface area is 134 Å². The molecule has 0 aromatic heterocycles. The molecule has 1 amide bonds. The highest BCUT2D eigenvalue weighted by Crippen LogP contribution is 2.27. The number of rotatable bonds is 12. The van der Waals surface area contributed by atoms with Gasteiger partial charge in [-0.1, -0.05) is 6.42 Å². The number of carboxylic acids is 1. The summed E-state index contributed by atoms with van der Waals surface area (Å²) < 4.78 is 0. The zero-order valence-electron chi connectivity index (χ0n) is 13.3. The van der Waals surface area contributed by atoms with Crippen LogP contribution in [0.2, 0.25) is 0 Å². The summed E-state index contributed by atoms with van der Waals surface area (Å²) in [6, 6.07) is -1.11. The highest BCUT2D eigenvalue weighted by molar-refractivity contribution is 6.23. The predicted octanol–water partition coefficient (Wildman–Crippen LogP) is -1.86. The van der Waals surface area contributed by atoms with Gasteiger partial charge in [0.15, 0.2) is 17.0 Å². The fourth-order valence-electron chi connectivity index (χ4n) is 2.29. The third-order valence-corrected chi connectivity index (χ3v) is 3.63.